The van der Waals surface area contributed by atoms with Gasteiger partial charge < -0.3 is 9.47 Å². The highest BCUT2D eigenvalue weighted by molar-refractivity contribution is 5.69. The molecule has 0 aliphatic carbocycles. The molecule has 0 amide bonds. The van der Waals surface area contributed by atoms with Gasteiger partial charge in [-0.05, 0) is 39.0 Å². The lowest BCUT2D eigenvalue weighted by Gasteiger charge is -2.28. The third-order valence-corrected chi connectivity index (χ3v) is 2.79. The van der Waals surface area contributed by atoms with E-state index in [0.717, 1.165) is 19.4 Å². The van der Waals surface area contributed by atoms with Crippen LogP contribution in [0.2, 0.25) is 0 Å². The lowest BCUT2D eigenvalue weighted by Crippen LogP contribution is -2.27. The number of esters is 1. The molecule has 1 heterocycles. The minimum atomic E-state index is -0.0785. The molecule has 0 saturated carbocycles. The first-order valence-corrected chi connectivity index (χ1v) is 5.51. The van der Waals surface area contributed by atoms with E-state index in [4.69, 9.17) is 9.47 Å². The Hall–Kier alpha value is -0.570. The fraction of sp³-hybridized carbons (Fsp3) is 0.909. The van der Waals surface area contributed by atoms with Gasteiger partial charge in [0.15, 0.2) is 0 Å². The summed E-state index contributed by atoms with van der Waals surface area (Å²) in [5, 5.41) is 0. The van der Waals surface area contributed by atoms with E-state index in [1.807, 2.05) is 6.92 Å². The number of carbonyl (C=O) groups is 1. The zero-order valence-electron chi connectivity index (χ0n) is 9.12. The van der Waals surface area contributed by atoms with E-state index >= 15 is 0 Å². The summed E-state index contributed by atoms with van der Waals surface area (Å²) in [6.07, 6.45) is 4.04. The minimum Gasteiger partial charge on any atom is -0.466 e. The summed E-state index contributed by atoms with van der Waals surface area (Å²) in [6.45, 7) is 5.28. The Labute approximate surface area is 85.8 Å². The first kappa shape index (κ1) is 11.5. The van der Waals surface area contributed by atoms with E-state index in [0.29, 0.717) is 25.0 Å². The fourth-order valence-corrected chi connectivity index (χ4v) is 1.90. The van der Waals surface area contributed by atoms with Gasteiger partial charge in [0.05, 0.1) is 12.7 Å². The van der Waals surface area contributed by atoms with Crippen LogP contribution in [0, 0.1) is 5.92 Å². The molecule has 0 bridgehead atoms. The van der Waals surface area contributed by atoms with Crippen molar-refractivity contribution < 1.29 is 14.3 Å². The Morgan fingerprint density at radius 1 is 1.57 bits per heavy atom. The lowest BCUT2D eigenvalue weighted by molar-refractivity contribution is -0.143. The molecule has 82 valence electrons. The third kappa shape index (κ3) is 3.66. The Morgan fingerprint density at radius 3 is 3.00 bits per heavy atom. The van der Waals surface area contributed by atoms with Crippen molar-refractivity contribution in [1.29, 1.82) is 0 Å². The van der Waals surface area contributed by atoms with Gasteiger partial charge in [0, 0.05) is 13.0 Å². The molecule has 14 heavy (non-hydrogen) atoms. The second-order valence-corrected chi connectivity index (χ2v) is 3.82. The first-order chi connectivity index (χ1) is 6.74. The third-order valence-electron chi connectivity index (χ3n) is 2.79. The van der Waals surface area contributed by atoms with Crippen LogP contribution in [-0.2, 0) is 14.3 Å². The monoisotopic (exact) mass is 200 g/mol. The topological polar surface area (TPSA) is 35.5 Å². The zero-order chi connectivity index (χ0) is 10.4. The van der Waals surface area contributed by atoms with Crippen molar-refractivity contribution in [1.82, 2.24) is 0 Å². The molecular formula is C11H20O3. The standard InChI is InChI=1S/C11H20O3/c1-3-13-11(12)7-6-10-5-4-8-14-9(10)2/h9-10H,3-8H2,1-2H3/t9-,10-/m0/s1. The number of carbonyl (C=O) groups excluding carboxylic acids is 1. The molecule has 1 rings (SSSR count). The molecule has 0 aromatic heterocycles. The molecule has 1 fully saturated rings. The summed E-state index contributed by atoms with van der Waals surface area (Å²) >= 11 is 0. The molecule has 0 aromatic rings. The van der Waals surface area contributed by atoms with Crippen molar-refractivity contribution in [2.24, 2.45) is 5.92 Å². The number of hydrogen-bond acceptors (Lipinski definition) is 3. The number of ether oxygens (including phenoxy) is 2. The molecule has 0 spiro atoms. The van der Waals surface area contributed by atoms with Crippen LogP contribution in [0.4, 0.5) is 0 Å². The SMILES string of the molecule is CCOC(=O)CC[C@@H]1CCCO[C@H]1C. The van der Waals surface area contributed by atoms with Crippen molar-refractivity contribution in [3.05, 3.63) is 0 Å². The maximum absolute atomic E-state index is 11.1. The Bertz CT molecular complexity index is 179. The average molecular weight is 200 g/mol. The summed E-state index contributed by atoms with van der Waals surface area (Å²) in [7, 11) is 0. The van der Waals surface area contributed by atoms with Gasteiger partial charge in [0.25, 0.3) is 0 Å². The second kappa shape index (κ2) is 6.02. The Morgan fingerprint density at radius 2 is 2.36 bits per heavy atom. The Balaban J connectivity index is 2.19. The van der Waals surface area contributed by atoms with Gasteiger partial charge in [-0.25, -0.2) is 0 Å². The highest BCUT2D eigenvalue weighted by atomic mass is 16.5. The highest BCUT2D eigenvalue weighted by Gasteiger charge is 2.22. The molecule has 3 heteroatoms. The molecule has 1 saturated heterocycles. The normalized spacial score (nSPS) is 27.3. The number of rotatable bonds is 4. The van der Waals surface area contributed by atoms with E-state index in [1.165, 1.54) is 6.42 Å². The smallest absolute Gasteiger partial charge is 0.305 e. The van der Waals surface area contributed by atoms with Crippen LogP contribution in [0.3, 0.4) is 0 Å². The van der Waals surface area contributed by atoms with Crippen LogP contribution in [0.5, 0.6) is 0 Å². The summed E-state index contributed by atoms with van der Waals surface area (Å²) in [5.74, 6) is 0.457. The van der Waals surface area contributed by atoms with Crippen molar-refractivity contribution in [3.63, 3.8) is 0 Å². The molecule has 0 unspecified atom stereocenters. The predicted octanol–water partition coefficient (Wildman–Crippen LogP) is 2.14. The van der Waals surface area contributed by atoms with Crippen molar-refractivity contribution in [3.8, 4) is 0 Å². The fourth-order valence-electron chi connectivity index (χ4n) is 1.90. The summed E-state index contributed by atoms with van der Waals surface area (Å²) in [5.41, 5.74) is 0. The lowest BCUT2D eigenvalue weighted by atomic mass is 9.91. The minimum absolute atomic E-state index is 0.0785. The maximum atomic E-state index is 11.1. The summed E-state index contributed by atoms with van der Waals surface area (Å²) in [4.78, 5) is 11.1. The van der Waals surface area contributed by atoms with E-state index in [1.54, 1.807) is 0 Å². The van der Waals surface area contributed by atoms with Gasteiger partial charge in [-0.1, -0.05) is 0 Å². The highest BCUT2D eigenvalue weighted by Crippen LogP contribution is 2.24. The van der Waals surface area contributed by atoms with Gasteiger partial charge in [0.1, 0.15) is 0 Å². The van der Waals surface area contributed by atoms with Gasteiger partial charge in [0.2, 0.25) is 0 Å². The predicted molar refractivity (Wildman–Crippen MR) is 54.0 cm³/mol. The van der Waals surface area contributed by atoms with E-state index < -0.39 is 0 Å². The van der Waals surface area contributed by atoms with Gasteiger partial charge in [-0.2, -0.15) is 0 Å². The largest absolute Gasteiger partial charge is 0.466 e. The molecule has 0 radical (unpaired) electrons. The van der Waals surface area contributed by atoms with Gasteiger partial charge in [-0.3, -0.25) is 4.79 Å². The number of hydrogen-bond donors (Lipinski definition) is 0. The quantitative estimate of drug-likeness (QED) is 0.652. The van der Waals surface area contributed by atoms with Crippen LogP contribution in [0.25, 0.3) is 0 Å². The molecule has 0 aromatic carbocycles. The molecule has 3 nitrogen and oxygen atoms in total. The van der Waals surface area contributed by atoms with Crippen LogP contribution in [0.1, 0.15) is 39.5 Å². The van der Waals surface area contributed by atoms with Crippen molar-refractivity contribution in [2.75, 3.05) is 13.2 Å². The second-order valence-electron chi connectivity index (χ2n) is 3.82. The Kier molecular flexibility index (Phi) is 4.94. The molecule has 0 N–H and O–H groups in total. The van der Waals surface area contributed by atoms with Crippen LogP contribution >= 0.6 is 0 Å². The van der Waals surface area contributed by atoms with Crippen molar-refractivity contribution >= 4 is 5.97 Å². The first-order valence-electron chi connectivity index (χ1n) is 5.51. The summed E-state index contributed by atoms with van der Waals surface area (Å²) < 4.78 is 10.4. The van der Waals surface area contributed by atoms with Crippen LogP contribution in [0.15, 0.2) is 0 Å². The van der Waals surface area contributed by atoms with E-state index in [-0.39, 0.29) is 5.97 Å². The average Bonchev–Trinajstić information content (AvgIpc) is 2.17. The van der Waals surface area contributed by atoms with Crippen LogP contribution in [-0.4, -0.2) is 25.3 Å². The van der Waals surface area contributed by atoms with Crippen molar-refractivity contribution in [2.45, 2.75) is 45.6 Å². The van der Waals surface area contributed by atoms with E-state index in [2.05, 4.69) is 6.92 Å². The maximum Gasteiger partial charge on any atom is 0.305 e. The zero-order valence-corrected chi connectivity index (χ0v) is 9.12. The molecule has 2 atom stereocenters. The molecule has 1 aliphatic rings. The van der Waals surface area contributed by atoms with Gasteiger partial charge in [-0.15, -0.1) is 0 Å². The summed E-state index contributed by atoms with van der Waals surface area (Å²) in [6, 6.07) is 0. The van der Waals surface area contributed by atoms with E-state index in [9.17, 15) is 4.79 Å². The van der Waals surface area contributed by atoms with Crippen LogP contribution < -0.4 is 0 Å². The molecular weight excluding hydrogens is 180 g/mol. The molecule has 1 aliphatic heterocycles. The van der Waals surface area contributed by atoms with Gasteiger partial charge >= 0.3 is 5.97 Å².